The van der Waals surface area contributed by atoms with E-state index in [1.165, 1.54) is 4.88 Å². The van der Waals surface area contributed by atoms with Gasteiger partial charge in [0.2, 0.25) is 0 Å². The second-order valence-corrected chi connectivity index (χ2v) is 7.97. The second kappa shape index (κ2) is 6.14. The Balaban J connectivity index is 1.67. The molecular formula is C12H20N2O2S2. The molecule has 0 aromatic carbocycles. The minimum absolute atomic E-state index is 0.313. The number of hydrogen-bond donors (Lipinski definition) is 1. The molecule has 2 heterocycles. The normalized spacial score (nSPS) is 21.8. The molecule has 0 bridgehead atoms. The lowest BCUT2D eigenvalue weighted by Gasteiger charge is -2.27. The Morgan fingerprint density at radius 2 is 2.17 bits per heavy atom. The van der Waals surface area contributed by atoms with Gasteiger partial charge in [-0.3, -0.25) is 0 Å². The number of thiophene rings is 1. The standard InChI is InChI=1S/C12H20N2O2S2/c1-11(12-3-2-8-17-12)13-4-5-14-6-9-18(15,16)10-7-14/h2-3,8,11,13H,4-7,9-10H2,1H3. The van der Waals surface area contributed by atoms with Crippen molar-refractivity contribution in [1.82, 2.24) is 10.2 Å². The number of nitrogens with one attached hydrogen (secondary N) is 1. The topological polar surface area (TPSA) is 49.4 Å². The molecule has 1 aliphatic heterocycles. The molecule has 1 saturated heterocycles. The summed E-state index contributed by atoms with van der Waals surface area (Å²) in [4.78, 5) is 3.56. The van der Waals surface area contributed by atoms with E-state index in [0.29, 0.717) is 30.6 Å². The van der Waals surface area contributed by atoms with Crippen LogP contribution in [0.15, 0.2) is 17.5 Å². The van der Waals surface area contributed by atoms with Crippen LogP contribution in [-0.2, 0) is 9.84 Å². The van der Waals surface area contributed by atoms with Crippen molar-refractivity contribution in [3.05, 3.63) is 22.4 Å². The van der Waals surface area contributed by atoms with Gasteiger partial charge in [-0.05, 0) is 18.4 Å². The summed E-state index contributed by atoms with van der Waals surface area (Å²) < 4.78 is 22.6. The first kappa shape index (κ1) is 14.0. The van der Waals surface area contributed by atoms with Gasteiger partial charge in [0.1, 0.15) is 0 Å². The summed E-state index contributed by atoms with van der Waals surface area (Å²) in [6.45, 7) is 5.34. The predicted octanol–water partition coefficient (Wildman–Crippen LogP) is 1.13. The van der Waals surface area contributed by atoms with Crippen LogP contribution in [0.5, 0.6) is 0 Å². The molecule has 0 saturated carbocycles. The first-order valence-corrected chi connectivity index (χ1v) is 8.96. The number of rotatable bonds is 5. The fourth-order valence-corrected chi connectivity index (χ4v) is 4.09. The van der Waals surface area contributed by atoms with E-state index in [0.717, 1.165) is 13.1 Å². The molecule has 0 spiro atoms. The third-order valence-electron chi connectivity index (χ3n) is 3.29. The molecule has 1 fully saturated rings. The predicted molar refractivity (Wildman–Crippen MR) is 75.8 cm³/mol. The van der Waals surface area contributed by atoms with Crippen LogP contribution in [0.2, 0.25) is 0 Å². The highest BCUT2D eigenvalue weighted by atomic mass is 32.2. The van der Waals surface area contributed by atoms with Crippen molar-refractivity contribution < 1.29 is 8.42 Å². The highest BCUT2D eigenvalue weighted by Crippen LogP contribution is 2.17. The average Bonchev–Trinajstić information content (AvgIpc) is 2.85. The maximum Gasteiger partial charge on any atom is 0.152 e. The Labute approximate surface area is 113 Å². The first-order chi connectivity index (χ1) is 8.57. The van der Waals surface area contributed by atoms with Crippen molar-refractivity contribution >= 4 is 21.2 Å². The minimum atomic E-state index is -2.75. The Bertz CT molecular complexity index is 442. The zero-order valence-corrected chi connectivity index (χ0v) is 12.3. The van der Waals surface area contributed by atoms with Gasteiger partial charge < -0.3 is 10.2 Å². The third kappa shape index (κ3) is 4.05. The highest BCUT2D eigenvalue weighted by Gasteiger charge is 2.20. The molecule has 6 heteroatoms. The molecule has 0 aliphatic carbocycles. The van der Waals surface area contributed by atoms with Crippen molar-refractivity contribution in [3.8, 4) is 0 Å². The summed E-state index contributed by atoms with van der Waals surface area (Å²) in [6.07, 6.45) is 0. The van der Waals surface area contributed by atoms with E-state index in [1.54, 1.807) is 11.3 Å². The second-order valence-electron chi connectivity index (χ2n) is 4.68. The van der Waals surface area contributed by atoms with E-state index >= 15 is 0 Å². The molecule has 1 N–H and O–H groups in total. The van der Waals surface area contributed by atoms with Crippen molar-refractivity contribution in [2.75, 3.05) is 37.7 Å². The van der Waals surface area contributed by atoms with Gasteiger partial charge in [0.25, 0.3) is 0 Å². The van der Waals surface area contributed by atoms with Crippen LogP contribution in [0, 0.1) is 0 Å². The fraction of sp³-hybridized carbons (Fsp3) is 0.667. The van der Waals surface area contributed by atoms with Crippen LogP contribution in [0.25, 0.3) is 0 Å². The van der Waals surface area contributed by atoms with Crippen LogP contribution < -0.4 is 5.32 Å². The number of hydrogen-bond acceptors (Lipinski definition) is 5. The fourth-order valence-electron chi connectivity index (χ4n) is 2.05. The maximum atomic E-state index is 11.3. The summed E-state index contributed by atoms with van der Waals surface area (Å²) in [5, 5.41) is 5.56. The van der Waals surface area contributed by atoms with Gasteiger partial charge in [-0.25, -0.2) is 8.42 Å². The van der Waals surface area contributed by atoms with Crippen molar-refractivity contribution in [2.45, 2.75) is 13.0 Å². The van der Waals surface area contributed by atoms with E-state index in [2.05, 4.69) is 34.7 Å². The lowest BCUT2D eigenvalue weighted by Crippen LogP contribution is -2.43. The summed E-state index contributed by atoms with van der Waals surface area (Å²) in [5.41, 5.74) is 0. The SMILES string of the molecule is CC(NCCN1CCS(=O)(=O)CC1)c1cccs1. The van der Waals surface area contributed by atoms with Crippen molar-refractivity contribution in [3.63, 3.8) is 0 Å². The van der Waals surface area contributed by atoms with Crippen LogP contribution >= 0.6 is 11.3 Å². The maximum absolute atomic E-state index is 11.3. The minimum Gasteiger partial charge on any atom is -0.308 e. The summed E-state index contributed by atoms with van der Waals surface area (Å²) in [6, 6.07) is 4.57. The zero-order chi connectivity index (χ0) is 13.0. The van der Waals surface area contributed by atoms with Gasteiger partial charge >= 0.3 is 0 Å². The Morgan fingerprint density at radius 3 is 2.78 bits per heavy atom. The third-order valence-corrected chi connectivity index (χ3v) is 5.95. The van der Waals surface area contributed by atoms with Crippen molar-refractivity contribution in [1.29, 1.82) is 0 Å². The quantitative estimate of drug-likeness (QED) is 0.882. The van der Waals surface area contributed by atoms with Crippen LogP contribution in [0.4, 0.5) is 0 Å². The molecule has 1 aliphatic rings. The van der Waals surface area contributed by atoms with Gasteiger partial charge in [0.15, 0.2) is 9.84 Å². The van der Waals surface area contributed by atoms with E-state index < -0.39 is 9.84 Å². The summed E-state index contributed by atoms with van der Waals surface area (Å²) in [5.74, 6) is 0.626. The molecular weight excluding hydrogens is 268 g/mol. The molecule has 102 valence electrons. The molecule has 4 nitrogen and oxygen atoms in total. The van der Waals surface area contributed by atoms with Crippen LogP contribution in [0.3, 0.4) is 0 Å². The van der Waals surface area contributed by atoms with Gasteiger partial charge in [-0.1, -0.05) is 6.07 Å². The lowest BCUT2D eigenvalue weighted by atomic mass is 10.3. The molecule has 2 rings (SSSR count). The van der Waals surface area contributed by atoms with E-state index in [9.17, 15) is 8.42 Å². The van der Waals surface area contributed by atoms with E-state index in [-0.39, 0.29) is 0 Å². The zero-order valence-electron chi connectivity index (χ0n) is 10.6. The number of nitrogens with zero attached hydrogens (tertiary/aromatic N) is 1. The monoisotopic (exact) mass is 288 g/mol. The molecule has 0 amide bonds. The summed E-state index contributed by atoms with van der Waals surface area (Å²) >= 11 is 1.76. The van der Waals surface area contributed by atoms with Gasteiger partial charge in [-0.2, -0.15) is 0 Å². The molecule has 1 aromatic heterocycles. The molecule has 1 unspecified atom stereocenters. The Hall–Kier alpha value is -0.430. The molecule has 18 heavy (non-hydrogen) atoms. The van der Waals surface area contributed by atoms with Gasteiger partial charge in [0.05, 0.1) is 11.5 Å². The van der Waals surface area contributed by atoms with Gasteiger partial charge in [0, 0.05) is 37.1 Å². The number of sulfone groups is 1. The van der Waals surface area contributed by atoms with Crippen LogP contribution in [-0.4, -0.2) is 51.0 Å². The smallest absolute Gasteiger partial charge is 0.152 e. The average molecular weight is 288 g/mol. The highest BCUT2D eigenvalue weighted by molar-refractivity contribution is 7.91. The molecule has 0 radical (unpaired) electrons. The van der Waals surface area contributed by atoms with Crippen molar-refractivity contribution in [2.24, 2.45) is 0 Å². The Morgan fingerprint density at radius 1 is 1.44 bits per heavy atom. The van der Waals surface area contributed by atoms with Gasteiger partial charge in [-0.15, -0.1) is 11.3 Å². The molecule has 1 aromatic rings. The molecule has 1 atom stereocenters. The lowest BCUT2D eigenvalue weighted by molar-refractivity contribution is 0.290. The first-order valence-electron chi connectivity index (χ1n) is 6.26. The Kier molecular flexibility index (Phi) is 4.77. The van der Waals surface area contributed by atoms with E-state index in [4.69, 9.17) is 0 Å². The largest absolute Gasteiger partial charge is 0.308 e. The van der Waals surface area contributed by atoms with E-state index in [1.807, 2.05) is 0 Å². The van der Waals surface area contributed by atoms with Crippen LogP contribution in [0.1, 0.15) is 17.8 Å². The summed E-state index contributed by atoms with van der Waals surface area (Å²) in [7, 11) is -2.75.